The molecule has 2 aromatic rings. The number of carbonyl (C=O) groups is 2. The fourth-order valence-corrected chi connectivity index (χ4v) is 3.84. The predicted molar refractivity (Wildman–Crippen MR) is 115 cm³/mol. The first-order chi connectivity index (χ1) is 13.8. The number of nitrogens with one attached hydrogen (secondary N) is 1. The Morgan fingerprint density at radius 2 is 1.69 bits per heavy atom. The highest BCUT2D eigenvalue weighted by Gasteiger charge is 2.36. The van der Waals surface area contributed by atoms with Gasteiger partial charge in [0.2, 0.25) is 11.8 Å². The van der Waals surface area contributed by atoms with E-state index in [0.29, 0.717) is 11.3 Å². The number of nitrogens with zero attached hydrogens (tertiary/aromatic N) is 2. The second-order valence-corrected chi connectivity index (χ2v) is 8.14. The minimum atomic E-state index is -0.450. The van der Waals surface area contributed by atoms with Crippen molar-refractivity contribution < 1.29 is 9.59 Å². The second kappa shape index (κ2) is 8.48. The van der Waals surface area contributed by atoms with Crippen LogP contribution in [-0.2, 0) is 9.59 Å². The molecule has 5 nitrogen and oxygen atoms in total. The lowest BCUT2D eigenvalue weighted by Gasteiger charge is -2.22. The Hall–Kier alpha value is -3.13. The van der Waals surface area contributed by atoms with Crippen LogP contribution in [0.15, 0.2) is 42.5 Å². The highest BCUT2D eigenvalue weighted by molar-refractivity contribution is 6.04. The van der Waals surface area contributed by atoms with E-state index in [9.17, 15) is 14.9 Å². The zero-order valence-corrected chi connectivity index (χ0v) is 17.4. The van der Waals surface area contributed by atoms with Gasteiger partial charge in [0.1, 0.15) is 6.07 Å². The smallest absolute Gasteiger partial charge is 0.229 e. The van der Waals surface area contributed by atoms with Crippen molar-refractivity contribution in [2.45, 2.75) is 46.0 Å². The van der Waals surface area contributed by atoms with Crippen LogP contribution in [0, 0.1) is 17.2 Å². The molecule has 1 aliphatic heterocycles. The molecule has 0 radical (unpaired) electrons. The van der Waals surface area contributed by atoms with Gasteiger partial charge in [-0.1, -0.05) is 58.0 Å². The number of amides is 2. The van der Waals surface area contributed by atoms with Crippen molar-refractivity contribution in [3.63, 3.8) is 0 Å². The first kappa shape index (κ1) is 20.6. The van der Waals surface area contributed by atoms with Crippen molar-refractivity contribution in [3.05, 3.63) is 59.2 Å². The summed E-state index contributed by atoms with van der Waals surface area (Å²) < 4.78 is 0. The van der Waals surface area contributed by atoms with Gasteiger partial charge in [-0.05, 0) is 35.1 Å². The summed E-state index contributed by atoms with van der Waals surface area (Å²) in [5, 5.41) is 12.5. The van der Waals surface area contributed by atoms with Gasteiger partial charge in [0.15, 0.2) is 0 Å². The molecule has 0 saturated carbocycles. The van der Waals surface area contributed by atoms with E-state index in [0.717, 1.165) is 16.8 Å². The molecule has 1 aliphatic rings. The van der Waals surface area contributed by atoms with E-state index >= 15 is 0 Å². The van der Waals surface area contributed by atoms with Crippen LogP contribution >= 0.6 is 0 Å². The average molecular weight is 389 g/mol. The second-order valence-electron chi connectivity index (χ2n) is 8.14. The number of anilines is 2. The molecule has 3 rings (SSSR count). The molecule has 0 aromatic heterocycles. The van der Waals surface area contributed by atoms with E-state index in [1.807, 2.05) is 18.2 Å². The van der Waals surface area contributed by atoms with Crippen LogP contribution in [0.2, 0.25) is 0 Å². The van der Waals surface area contributed by atoms with Gasteiger partial charge in [-0.15, -0.1) is 0 Å². The van der Waals surface area contributed by atoms with Crippen molar-refractivity contribution in [1.82, 2.24) is 0 Å². The Morgan fingerprint density at radius 3 is 2.28 bits per heavy atom. The first-order valence-electron chi connectivity index (χ1n) is 10.1. The fourth-order valence-electron chi connectivity index (χ4n) is 3.84. The van der Waals surface area contributed by atoms with Crippen LogP contribution in [0.5, 0.6) is 0 Å². The van der Waals surface area contributed by atoms with E-state index in [1.165, 1.54) is 0 Å². The molecule has 0 bridgehead atoms. The van der Waals surface area contributed by atoms with Crippen molar-refractivity contribution in [3.8, 4) is 6.07 Å². The molecule has 150 valence electrons. The van der Waals surface area contributed by atoms with Crippen LogP contribution < -0.4 is 10.2 Å². The molecular weight excluding hydrogens is 362 g/mol. The highest BCUT2D eigenvalue weighted by atomic mass is 16.2. The van der Waals surface area contributed by atoms with Crippen molar-refractivity contribution >= 4 is 23.2 Å². The molecule has 0 spiro atoms. The van der Waals surface area contributed by atoms with E-state index in [4.69, 9.17) is 0 Å². The average Bonchev–Trinajstić information content (AvgIpc) is 3.09. The third-order valence-corrected chi connectivity index (χ3v) is 5.43. The van der Waals surface area contributed by atoms with E-state index in [1.54, 1.807) is 29.2 Å². The normalized spacial score (nSPS) is 16.4. The van der Waals surface area contributed by atoms with Gasteiger partial charge in [-0.25, -0.2) is 0 Å². The van der Waals surface area contributed by atoms with Gasteiger partial charge in [0.05, 0.1) is 17.2 Å². The number of hydrogen-bond donors (Lipinski definition) is 1. The zero-order chi connectivity index (χ0) is 21.1. The van der Waals surface area contributed by atoms with Crippen molar-refractivity contribution in [1.29, 1.82) is 5.26 Å². The van der Waals surface area contributed by atoms with Crippen LogP contribution in [-0.4, -0.2) is 18.4 Å². The Kier molecular flexibility index (Phi) is 6.03. The summed E-state index contributed by atoms with van der Waals surface area (Å²) in [5.74, 6) is -0.185. The Balaban J connectivity index is 1.85. The number of benzene rings is 2. The van der Waals surface area contributed by atoms with Crippen molar-refractivity contribution in [2.75, 3.05) is 16.8 Å². The summed E-state index contributed by atoms with van der Waals surface area (Å²) in [4.78, 5) is 27.2. The molecule has 1 fully saturated rings. The van der Waals surface area contributed by atoms with Crippen LogP contribution in [0.25, 0.3) is 0 Å². The van der Waals surface area contributed by atoms with Gasteiger partial charge >= 0.3 is 0 Å². The summed E-state index contributed by atoms with van der Waals surface area (Å²) in [5.41, 5.74) is 4.07. The molecule has 0 aliphatic carbocycles. The van der Waals surface area contributed by atoms with Gasteiger partial charge < -0.3 is 10.2 Å². The Morgan fingerprint density at radius 1 is 1.07 bits per heavy atom. The summed E-state index contributed by atoms with van der Waals surface area (Å²) >= 11 is 0. The maximum absolute atomic E-state index is 13.1. The standard InChI is InChI=1S/C24H27N3O2/c1-15(2)19-9-7-10-20(16(3)4)23(19)26-24(29)18-12-22(28)27(14-18)21-11-6-5-8-17(21)13-25/h5-11,15-16,18H,12,14H2,1-4H3,(H,26,29). The molecule has 1 heterocycles. The molecule has 1 saturated heterocycles. The largest absolute Gasteiger partial charge is 0.325 e. The molecule has 5 heteroatoms. The van der Waals surface area contributed by atoms with Crippen LogP contribution in [0.3, 0.4) is 0 Å². The molecule has 1 atom stereocenters. The van der Waals surface area contributed by atoms with Gasteiger partial charge in [0.25, 0.3) is 0 Å². The number of para-hydroxylation sites is 2. The Labute approximate surface area is 172 Å². The molecular formula is C24H27N3O2. The highest BCUT2D eigenvalue weighted by Crippen LogP contribution is 2.34. The van der Waals surface area contributed by atoms with Crippen LogP contribution in [0.4, 0.5) is 11.4 Å². The lowest BCUT2D eigenvalue weighted by atomic mass is 9.92. The van der Waals surface area contributed by atoms with Crippen molar-refractivity contribution in [2.24, 2.45) is 5.92 Å². The Bertz CT molecular complexity index is 946. The molecule has 1 N–H and O–H groups in total. The minimum Gasteiger partial charge on any atom is -0.325 e. The maximum Gasteiger partial charge on any atom is 0.229 e. The number of hydrogen-bond acceptors (Lipinski definition) is 3. The first-order valence-corrected chi connectivity index (χ1v) is 10.1. The minimum absolute atomic E-state index is 0.130. The zero-order valence-electron chi connectivity index (χ0n) is 17.4. The van der Waals surface area contributed by atoms with Gasteiger partial charge in [0, 0.05) is 18.7 Å². The summed E-state index contributed by atoms with van der Waals surface area (Å²) in [7, 11) is 0. The number of nitriles is 1. The van der Waals surface area contributed by atoms with E-state index in [2.05, 4.69) is 39.1 Å². The summed E-state index contributed by atoms with van der Waals surface area (Å²) in [6, 6.07) is 15.2. The number of carbonyl (C=O) groups excluding carboxylic acids is 2. The lowest BCUT2D eigenvalue weighted by molar-refractivity contribution is -0.122. The molecule has 2 amide bonds. The third-order valence-electron chi connectivity index (χ3n) is 5.43. The summed E-state index contributed by atoms with van der Waals surface area (Å²) in [6.45, 7) is 8.71. The third kappa shape index (κ3) is 4.17. The number of rotatable bonds is 5. The molecule has 1 unspecified atom stereocenters. The van der Waals surface area contributed by atoms with Gasteiger partial charge in [-0.2, -0.15) is 5.26 Å². The molecule has 2 aromatic carbocycles. The summed E-state index contributed by atoms with van der Waals surface area (Å²) in [6.07, 6.45) is 0.145. The van der Waals surface area contributed by atoms with Crippen LogP contribution in [0.1, 0.15) is 62.6 Å². The van der Waals surface area contributed by atoms with E-state index in [-0.39, 0.29) is 36.6 Å². The van der Waals surface area contributed by atoms with Gasteiger partial charge in [-0.3, -0.25) is 9.59 Å². The SMILES string of the molecule is CC(C)c1cccc(C(C)C)c1NC(=O)C1CC(=O)N(c2ccccc2C#N)C1. The van der Waals surface area contributed by atoms with E-state index < -0.39 is 5.92 Å². The maximum atomic E-state index is 13.1. The topological polar surface area (TPSA) is 73.2 Å². The monoisotopic (exact) mass is 389 g/mol. The predicted octanol–water partition coefficient (Wildman–Crippen LogP) is 4.80. The quantitative estimate of drug-likeness (QED) is 0.798. The molecule has 29 heavy (non-hydrogen) atoms. The fraction of sp³-hybridized carbons (Fsp3) is 0.375. The lowest BCUT2D eigenvalue weighted by Crippen LogP contribution is -2.29.